The summed E-state index contributed by atoms with van der Waals surface area (Å²) in [5, 5.41) is 6.30. The Kier molecular flexibility index (Phi) is 5.71. The number of amides is 2. The summed E-state index contributed by atoms with van der Waals surface area (Å²) in [5.74, 6) is 0.295. The van der Waals surface area contributed by atoms with Crippen LogP contribution in [0.4, 0.5) is 5.69 Å². The Balaban J connectivity index is 1.57. The van der Waals surface area contributed by atoms with E-state index in [1.54, 1.807) is 19.2 Å². The van der Waals surface area contributed by atoms with Crippen LogP contribution in [-0.4, -0.2) is 25.5 Å². The van der Waals surface area contributed by atoms with E-state index in [1.807, 2.05) is 37.3 Å². The van der Waals surface area contributed by atoms with Crippen LogP contribution < -0.4 is 15.4 Å². The van der Waals surface area contributed by atoms with Gasteiger partial charge in [-0.15, -0.1) is 0 Å². The minimum atomic E-state index is -0.969. The van der Waals surface area contributed by atoms with Crippen LogP contribution in [0, 0.1) is 12.3 Å². The fourth-order valence-electron chi connectivity index (χ4n) is 2.97. The molecule has 0 saturated heterocycles. The maximum Gasteiger partial charge on any atom is 0.240 e. The number of anilines is 1. The summed E-state index contributed by atoms with van der Waals surface area (Å²) >= 11 is 6.00. The molecule has 0 aliphatic heterocycles. The molecule has 0 atom stereocenters. The molecule has 0 unspecified atom stereocenters. The van der Waals surface area contributed by atoms with Gasteiger partial charge in [-0.1, -0.05) is 29.8 Å². The molecule has 2 amide bonds. The van der Waals surface area contributed by atoms with Gasteiger partial charge in [-0.25, -0.2) is 0 Å². The normalized spacial score (nSPS) is 14.3. The van der Waals surface area contributed by atoms with Crippen molar-refractivity contribution in [3.63, 3.8) is 0 Å². The molecule has 27 heavy (non-hydrogen) atoms. The van der Waals surface area contributed by atoms with Crippen molar-refractivity contribution in [3.8, 4) is 5.75 Å². The van der Waals surface area contributed by atoms with Gasteiger partial charge >= 0.3 is 0 Å². The van der Waals surface area contributed by atoms with Gasteiger partial charge in [0.2, 0.25) is 11.8 Å². The van der Waals surface area contributed by atoms with Gasteiger partial charge in [-0.05, 0) is 61.6 Å². The maximum absolute atomic E-state index is 12.7. The topological polar surface area (TPSA) is 67.4 Å². The van der Waals surface area contributed by atoms with Crippen LogP contribution in [0.15, 0.2) is 42.5 Å². The molecule has 0 heterocycles. The SMILES string of the molecule is COc1cccc(CCNC(=O)C2(C(=O)Nc3cc(Cl)ccc3C)CC2)c1. The Hall–Kier alpha value is -2.53. The molecule has 2 N–H and O–H groups in total. The van der Waals surface area contributed by atoms with Crippen LogP contribution in [0.1, 0.15) is 24.0 Å². The van der Waals surface area contributed by atoms with Crippen molar-refractivity contribution in [1.29, 1.82) is 0 Å². The standard InChI is InChI=1S/C21H23ClN2O3/c1-14-6-7-16(22)13-18(14)24-20(26)21(9-10-21)19(25)23-11-8-15-4-3-5-17(12-15)27-2/h3-7,12-13H,8-11H2,1-2H3,(H,23,25)(H,24,26). The Morgan fingerprint density at radius 1 is 1.15 bits per heavy atom. The lowest BCUT2D eigenvalue weighted by Gasteiger charge is -2.16. The number of ether oxygens (including phenoxy) is 1. The zero-order chi connectivity index (χ0) is 19.4. The average Bonchev–Trinajstić information content (AvgIpc) is 3.47. The van der Waals surface area contributed by atoms with Gasteiger partial charge in [0, 0.05) is 17.3 Å². The van der Waals surface area contributed by atoms with E-state index >= 15 is 0 Å². The third kappa shape index (κ3) is 4.42. The summed E-state index contributed by atoms with van der Waals surface area (Å²) in [6, 6.07) is 13.0. The molecule has 0 bridgehead atoms. The Labute approximate surface area is 164 Å². The molecule has 0 radical (unpaired) electrons. The van der Waals surface area contributed by atoms with Crippen LogP contribution in [0.5, 0.6) is 5.75 Å². The number of carbonyl (C=O) groups excluding carboxylic acids is 2. The third-order valence-corrected chi connectivity index (χ3v) is 5.14. The van der Waals surface area contributed by atoms with E-state index in [9.17, 15) is 9.59 Å². The van der Waals surface area contributed by atoms with Gasteiger partial charge in [0.1, 0.15) is 11.2 Å². The highest BCUT2D eigenvalue weighted by atomic mass is 35.5. The molecule has 5 nitrogen and oxygen atoms in total. The van der Waals surface area contributed by atoms with E-state index in [4.69, 9.17) is 16.3 Å². The molecule has 6 heteroatoms. The molecule has 142 valence electrons. The van der Waals surface area contributed by atoms with Crippen molar-refractivity contribution in [2.24, 2.45) is 5.41 Å². The number of aryl methyl sites for hydroxylation is 1. The number of halogens is 1. The van der Waals surface area contributed by atoms with Gasteiger partial charge in [-0.3, -0.25) is 9.59 Å². The highest BCUT2D eigenvalue weighted by Gasteiger charge is 2.56. The lowest BCUT2D eigenvalue weighted by atomic mass is 10.0. The van der Waals surface area contributed by atoms with Crippen molar-refractivity contribution in [3.05, 3.63) is 58.6 Å². The van der Waals surface area contributed by atoms with E-state index < -0.39 is 5.41 Å². The van der Waals surface area contributed by atoms with Crippen molar-refractivity contribution >= 4 is 29.1 Å². The first-order chi connectivity index (χ1) is 12.9. The number of hydrogen-bond donors (Lipinski definition) is 2. The van der Waals surface area contributed by atoms with Crippen LogP contribution in [0.3, 0.4) is 0 Å². The lowest BCUT2D eigenvalue weighted by molar-refractivity contribution is -0.134. The first-order valence-electron chi connectivity index (χ1n) is 8.93. The van der Waals surface area contributed by atoms with E-state index in [2.05, 4.69) is 10.6 Å². The number of methoxy groups -OCH3 is 1. The quantitative estimate of drug-likeness (QED) is 0.712. The van der Waals surface area contributed by atoms with Crippen molar-refractivity contribution in [1.82, 2.24) is 5.32 Å². The molecular weight excluding hydrogens is 364 g/mol. The number of rotatable bonds is 7. The molecule has 1 aliphatic rings. The van der Waals surface area contributed by atoms with Crippen LogP contribution in [-0.2, 0) is 16.0 Å². The smallest absolute Gasteiger partial charge is 0.240 e. The van der Waals surface area contributed by atoms with E-state index in [1.165, 1.54) is 0 Å². The average molecular weight is 387 g/mol. The predicted molar refractivity (Wildman–Crippen MR) is 106 cm³/mol. The van der Waals surface area contributed by atoms with Gasteiger partial charge in [0.05, 0.1) is 7.11 Å². The van der Waals surface area contributed by atoms with Crippen molar-refractivity contribution < 1.29 is 14.3 Å². The molecule has 0 aromatic heterocycles. The fourth-order valence-corrected chi connectivity index (χ4v) is 3.14. The third-order valence-electron chi connectivity index (χ3n) is 4.90. The zero-order valence-corrected chi connectivity index (χ0v) is 16.2. The number of nitrogens with one attached hydrogen (secondary N) is 2. The van der Waals surface area contributed by atoms with Crippen LogP contribution in [0.25, 0.3) is 0 Å². The van der Waals surface area contributed by atoms with Crippen LogP contribution in [0.2, 0.25) is 5.02 Å². The second-order valence-electron chi connectivity index (χ2n) is 6.85. The molecule has 1 saturated carbocycles. The summed E-state index contributed by atoms with van der Waals surface area (Å²) in [4.78, 5) is 25.3. The molecule has 1 fully saturated rings. The number of hydrogen-bond acceptors (Lipinski definition) is 3. The molecule has 0 spiro atoms. The molecule has 2 aromatic rings. The predicted octanol–water partition coefficient (Wildman–Crippen LogP) is 3.73. The molecular formula is C21H23ClN2O3. The monoisotopic (exact) mass is 386 g/mol. The lowest BCUT2D eigenvalue weighted by Crippen LogP contribution is -2.40. The minimum absolute atomic E-state index is 0.220. The van der Waals surface area contributed by atoms with E-state index in [-0.39, 0.29) is 11.8 Å². The second-order valence-corrected chi connectivity index (χ2v) is 7.29. The van der Waals surface area contributed by atoms with Gasteiger partial charge < -0.3 is 15.4 Å². The van der Waals surface area contributed by atoms with Crippen LogP contribution >= 0.6 is 11.6 Å². The van der Waals surface area contributed by atoms with E-state index in [0.29, 0.717) is 36.5 Å². The summed E-state index contributed by atoms with van der Waals surface area (Å²) in [6.45, 7) is 2.36. The van der Waals surface area contributed by atoms with Gasteiger partial charge in [-0.2, -0.15) is 0 Å². The van der Waals surface area contributed by atoms with Gasteiger partial charge in [0.25, 0.3) is 0 Å². The number of benzene rings is 2. The fraction of sp³-hybridized carbons (Fsp3) is 0.333. The van der Waals surface area contributed by atoms with Crippen molar-refractivity contribution in [2.75, 3.05) is 19.0 Å². The molecule has 2 aromatic carbocycles. The van der Waals surface area contributed by atoms with E-state index in [0.717, 1.165) is 16.9 Å². The first kappa shape index (κ1) is 19.2. The zero-order valence-electron chi connectivity index (χ0n) is 15.5. The Morgan fingerprint density at radius 2 is 1.93 bits per heavy atom. The second kappa shape index (κ2) is 8.01. The van der Waals surface area contributed by atoms with Crippen molar-refractivity contribution in [2.45, 2.75) is 26.2 Å². The summed E-state index contributed by atoms with van der Waals surface area (Å²) in [6.07, 6.45) is 1.79. The Bertz CT molecular complexity index is 862. The maximum atomic E-state index is 12.7. The molecule has 3 rings (SSSR count). The summed E-state index contributed by atoms with van der Waals surface area (Å²) in [7, 11) is 1.62. The minimum Gasteiger partial charge on any atom is -0.497 e. The highest BCUT2D eigenvalue weighted by molar-refractivity contribution is 6.31. The molecule has 1 aliphatic carbocycles. The number of carbonyl (C=O) groups is 2. The van der Waals surface area contributed by atoms with Gasteiger partial charge in [0.15, 0.2) is 0 Å². The first-order valence-corrected chi connectivity index (χ1v) is 9.31. The summed E-state index contributed by atoms with van der Waals surface area (Å²) < 4.78 is 5.20. The summed E-state index contributed by atoms with van der Waals surface area (Å²) in [5.41, 5.74) is 1.65. The largest absolute Gasteiger partial charge is 0.497 e. The Morgan fingerprint density at radius 3 is 2.63 bits per heavy atom. The highest BCUT2D eigenvalue weighted by Crippen LogP contribution is 2.47.